The summed E-state index contributed by atoms with van der Waals surface area (Å²) in [5, 5.41) is 36.9. The van der Waals surface area contributed by atoms with Gasteiger partial charge >= 0.3 is 25.4 Å². The van der Waals surface area contributed by atoms with Crippen LogP contribution in [0.2, 0.25) is 0 Å². The molecule has 0 unspecified atom stereocenters. The molecule has 0 atom stereocenters. The zero-order chi connectivity index (χ0) is 26.1. The second-order valence-corrected chi connectivity index (χ2v) is 6.63. The number of benzene rings is 3. The molecule has 3 aromatic rings. The number of hydrogen-bond acceptors (Lipinski definition) is 7. The van der Waals surface area contributed by atoms with Gasteiger partial charge in [0, 0.05) is 17.9 Å². The fourth-order valence-electron chi connectivity index (χ4n) is 2.93. The van der Waals surface area contributed by atoms with E-state index < -0.39 is 29.3 Å². The molecule has 35 heavy (non-hydrogen) atoms. The fourth-order valence-corrected chi connectivity index (χ4v) is 2.93. The van der Waals surface area contributed by atoms with Crippen molar-refractivity contribution < 1.29 is 59.1 Å². The first-order valence-corrected chi connectivity index (χ1v) is 9.88. The van der Waals surface area contributed by atoms with Crippen LogP contribution in [0.25, 0.3) is 0 Å². The molecular weight excluding hydrogens is 543 g/mol. The summed E-state index contributed by atoms with van der Waals surface area (Å²) >= 11 is 0. The van der Waals surface area contributed by atoms with Crippen molar-refractivity contribution in [2.45, 2.75) is 26.2 Å². The topological polar surface area (TPSA) is 158 Å². The number of carboxylic acid groups (broad SMARTS) is 4. The number of aliphatic carboxylic acids is 4. The summed E-state index contributed by atoms with van der Waals surface area (Å²) in [6, 6.07) is 28.1. The molecule has 9 heteroatoms. The van der Waals surface area contributed by atoms with Crippen LogP contribution in [0.1, 0.15) is 37.5 Å². The van der Waals surface area contributed by atoms with Crippen LogP contribution in [0, 0.1) is 0 Å². The van der Waals surface area contributed by atoms with Gasteiger partial charge in [-0.05, 0) is 37.5 Å². The Morgan fingerprint density at radius 1 is 0.543 bits per heavy atom. The van der Waals surface area contributed by atoms with Crippen LogP contribution in [-0.2, 0) is 44.1 Å². The third kappa shape index (κ3) is 12.3. The summed E-state index contributed by atoms with van der Waals surface area (Å²) in [5.74, 6) is -4.13. The van der Waals surface area contributed by atoms with E-state index in [0.29, 0.717) is 0 Å². The van der Waals surface area contributed by atoms with Gasteiger partial charge in [0.1, 0.15) is 5.41 Å². The number of hydrogen-bond donors (Lipinski definition) is 1. The van der Waals surface area contributed by atoms with Crippen molar-refractivity contribution in [2.24, 2.45) is 0 Å². The van der Waals surface area contributed by atoms with Gasteiger partial charge in [-0.15, -0.1) is 0 Å². The number of carboxylic acids is 4. The van der Waals surface area contributed by atoms with Crippen LogP contribution in [0.5, 0.6) is 0 Å². The average Bonchev–Trinajstić information content (AvgIpc) is 2.75. The largest absolute Gasteiger partial charge is 3.00 e. The minimum absolute atomic E-state index is 0. The molecule has 3 aromatic carbocycles. The molecule has 8 nitrogen and oxygen atoms in total. The predicted molar refractivity (Wildman–Crippen MR) is 119 cm³/mol. The van der Waals surface area contributed by atoms with E-state index >= 15 is 0 Å². The number of carbonyl (C=O) groups excluding carboxylic acids is 3. The minimum atomic E-state index is -1.20. The van der Waals surface area contributed by atoms with Gasteiger partial charge in [0.2, 0.25) is 0 Å². The first-order valence-electron chi connectivity index (χ1n) is 9.88. The summed E-state index contributed by atoms with van der Waals surface area (Å²) in [7, 11) is 0. The Labute approximate surface area is 216 Å². The molecule has 0 heterocycles. The van der Waals surface area contributed by atoms with Crippen molar-refractivity contribution in [1.29, 1.82) is 0 Å². The van der Waals surface area contributed by atoms with Crippen molar-refractivity contribution in [3.05, 3.63) is 108 Å². The Morgan fingerprint density at radius 2 is 0.714 bits per heavy atom. The van der Waals surface area contributed by atoms with Crippen molar-refractivity contribution in [2.75, 3.05) is 0 Å². The van der Waals surface area contributed by atoms with Gasteiger partial charge < -0.3 is 34.8 Å². The zero-order valence-corrected chi connectivity index (χ0v) is 20.9. The van der Waals surface area contributed by atoms with Gasteiger partial charge in [-0.1, -0.05) is 91.0 Å². The molecule has 0 amide bonds. The Kier molecular flexibility index (Phi) is 16.8. The molecule has 0 bridgehead atoms. The van der Waals surface area contributed by atoms with Crippen molar-refractivity contribution in [3.63, 3.8) is 0 Å². The maximum absolute atomic E-state index is 12.4. The van der Waals surface area contributed by atoms with Crippen molar-refractivity contribution in [1.82, 2.24) is 0 Å². The van der Waals surface area contributed by atoms with Crippen LogP contribution >= 0.6 is 0 Å². The molecule has 0 saturated carbocycles. The molecule has 0 aliphatic carbocycles. The summed E-state index contributed by atoms with van der Waals surface area (Å²) in [5.41, 5.74) is 1.05. The molecule has 0 aliphatic heterocycles. The Morgan fingerprint density at radius 3 is 0.857 bits per heavy atom. The summed E-state index contributed by atoms with van der Waals surface area (Å²) in [4.78, 5) is 39.1. The molecule has 3 rings (SSSR count). The van der Waals surface area contributed by atoms with Gasteiger partial charge in [-0.25, -0.2) is 0 Å². The normalized spacial score (nSPS) is 9.11. The zero-order valence-electron chi connectivity index (χ0n) is 19.3. The maximum atomic E-state index is 12.4. The van der Waals surface area contributed by atoms with E-state index in [1.807, 2.05) is 91.0 Å². The third-order valence-electron chi connectivity index (χ3n) is 3.94. The van der Waals surface area contributed by atoms with E-state index in [4.69, 9.17) is 29.7 Å². The van der Waals surface area contributed by atoms with Gasteiger partial charge in [0.15, 0.2) is 0 Å². The van der Waals surface area contributed by atoms with Crippen molar-refractivity contribution >= 4 is 23.9 Å². The quantitative estimate of drug-likeness (QED) is 0.350. The van der Waals surface area contributed by atoms with E-state index in [1.165, 1.54) is 0 Å². The van der Waals surface area contributed by atoms with Gasteiger partial charge in [0.05, 0.1) is 0 Å². The number of carbonyl (C=O) groups is 4. The molecule has 1 N–H and O–H groups in total. The van der Waals surface area contributed by atoms with Crippen LogP contribution in [0.3, 0.4) is 0 Å². The van der Waals surface area contributed by atoms with E-state index in [2.05, 4.69) is 0 Å². The Balaban J connectivity index is 0. The van der Waals surface area contributed by atoms with Crippen LogP contribution < -0.4 is 15.3 Å². The molecule has 0 spiro atoms. The smallest absolute Gasteiger partial charge is 0.550 e. The molecule has 0 aliphatic rings. The second-order valence-electron chi connectivity index (χ2n) is 6.63. The Bertz CT molecular complexity index is 902. The molecule has 0 radical (unpaired) electrons. The third-order valence-corrected chi connectivity index (χ3v) is 3.94. The van der Waals surface area contributed by atoms with Gasteiger partial charge in [0.25, 0.3) is 0 Å². The molecule has 186 valence electrons. The van der Waals surface area contributed by atoms with Crippen LogP contribution in [0.15, 0.2) is 91.0 Å². The maximum Gasteiger partial charge on any atom is 3.00 e. The molecule has 0 aromatic heterocycles. The standard InChI is InChI=1S/C20H16O2.3C2H4O2.Rh/c21-19(22)20(16-10-4-1-5-11-16,17-12-6-2-7-13-17)18-14-8-3-9-15-18;3*1-2(3)4;/h1-15H,(H,21,22);3*1H3,(H,3,4);/q;;;;+3/p-3. The summed E-state index contributed by atoms with van der Waals surface area (Å²) in [6.07, 6.45) is 0. The first-order chi connectivity index (χ1) is 16.0. The first kappa shape index (κ1) is 33.3. The summed E-state index contributed by atoms with van der Waals surface area (Å²) in [6.45, 7) is 2.92. The van der Waals surface area contributed by atoms with Crippen molar-refractivity contribution in [3.8, 4) is 0 Å². The summed E-state index contributed by atoms with van der Waals surface area (Å²) < 4.78 is 0. The van der Waals surface area contributed by atoms with E-state index in [0.717, 1.165) is 37.5 Å². The van der Waals surface area contributed by atoms with Gasteiger partial charge in [-0.3, -0.25) is 4.79 Å². The minimum Gasteiger partial charge on any atom is -0.550 e. The second kappa shape index (κ2) is 17.6. The van der Waals surface area contributed by atoms with E-state index in [1.54, 1.807) is 0 Å². The fraction of sp³-hybridized carbons (Fsp3) is 0.154. The van der Waals surface area contributed by atoms with E-state index in [9.17, 15) is 9.90 Å². The monoisotopic (exact) mass is 568 g/mol. The average molecular weight is 568 g/mol. The molecule has 0 saturated heterocycles. The van der Waals surface area contributed by atoms with Crippen LogP contribution in [0.4, 0.5) is 0 Å². The SMILES string of the molecule is CC(=O)[O-].CC(=O)[O-].CC(=O)[O-].O=C(O)C(c1ccccc1)(c1ccccc1)c1ccccc1.[Rh+3]. The predicted octanol–water partition coefficient (Wildman–Crippen LogP) is 0.372. The molecule has 0 fully saturated rings. The molecular formula is C26H25O8Rh. The van der Waals surface area contributed by atoms with E-state index in [-0.39, 0.29) is 19.5 Å². The Hall–Kier alpha value is -3.84. The number of rotatable bonds is 4. The van der Waals surface area contributed by atoms with Crippen LogP contribution in [-0.4, -0.2) is 29.0 Å². The van der Waals surface area contributed by atoms with Gasteiger partial charge in [-0.2, -0.15) is 0 Å².